The molecule has 1 saturated heterocycles. The molecule has 0 aliphatic carbocycles. The molecule has 2 aliphatic heterocycles. The normalized spacial score (nSPS) is 18.4. The molecule has 2 N–H and O–H groups in total. The van der Waals surface area contributed by atoms with Gasteiger partial charge < -0.3 is 4.84 Å². The van der Waals surface area contributed by atoms with Gasteiger partial charge in [-0.05, 0) is 48.1 Å². The minimum atomic E-state index is -0.468. The highest BCUT2D eigenvalue weighted by Crippen LogP contribution is 2.34. The zero-order valence-electron chi connectivity index (χ0n) is 16.9. The second-order valence-electron chi connectivity index (χ2n) is 7.90. The fourth-order valence-corrected chi connectivity index (χ4v) is 3.65. The Hall–Kier alpha value is -2.83. The number of hydroxylamine groups is 3. The Kier molecular flexibility index (Phi) is 5.56. The maximum atomic E-state index is 12.2. The maximum Gasteiger partial charge on any atom is 0.430 e. The van der Waals surface area contributed by atoms with E-state index in [1.54, 1.807) is 5.06 Å². The molecule has 0 bridgehead atoms. The lowest BCUT2D eigenvalue weighted by atomic mass is 9.91. The van der Waals surface area contributed by atoms with Crippen molar-refractivity contribution in [3.05, 3.63) is 71.8 Å². The van der Waals surface area contributed by atoms with Gasteiger partial charge in [0.05, 0.1) is 5.70 Å². The van der Waals surface area contributed by atoms with Crippen LogP contribution in [-0.4, -0.2) is 29.8 Å². The summed E-state index contributed by atoms with van der Waals surface area (Å²) in [5, 5.41) is 4.48. The molecule has 4 rings (SSSR count). The average molecular weight is 393 g/mol. The minimum absolute atomic E-state index is 0.353. The molecule has 0 aromatic heterocycles. The molecular weight excluding hydrogens is 366 g/mol. The third-order valence-electron chi connectivity index (χ3n) is 5.46. The topological polar surface area (TPSA) is 62.8 Å². The molecule has 0 atom stereocenters. The lowest BCUT2D eigenvalue weighted by Crippen LogP contribution is -2.45. The number of nitrogens with one attached hydrogen (secondary N) is 2. The number of benzene rings is 2. The molecule has 29 heavy (non-hydrogen) atoms. The molecular formula is C23H27N3O3. The molecule has 1 spiro atoms. The summed E-state index contributed by atoms with van der Waals surface area (Å²) < 4.78 is 0. The average Bonchev–Trinajstić information content (AvgIpc) is 3.15. The number of hydrogen-bond acceptors (Lipinski definition) is 5. The number of amides is 1. The number of rotatable bonds is 4. The molecule has 0 unspecified atom stereocenters. The first-order valence-electron chi connectivity index (χ1n) is 10.1. The third kappa shape index (κ3) is 4.60. The van der Waals surface area contributed by atoms with Crippen molar-refractivity contribution in [2.45, 2.75) is 38.2 Å². The van der Waals surface area contributed by atoms with Crippen LogP contribution in [-0.2, 0) is 9.68 Å². The van der Waals surface area contributed by atoms with Gasteiger partial charge in [0.25, 0.3) is 0 Å². The third-order valence-corrected chi connectivity index (χ3v) is 5.46. The second-order valence-corrected chi connectivity index (χ2v) is 7.90. The highest BCUT2D eigenvalue weighted by molar-refractivity contribution is 5.84. The Balaban J connectivity index is 1.29. The van der Waals surface area contributed by atoms with Crippen molar-refractivity contribution in [3.63, 3.8) is 0 Å². The van der Waals surface area contributed by atoms with Crippen LogP contribution in [0.1, 0.15) is 43.7 Å². The SMILES string of the molecule is CC(C)c1ccc(NC(=O)ON2CCC3(C=C(c4ccccc4)NO3)CC2)cc1. The van der Waals surface area contributed by atoms with E-state index in [1.807, 2.05) is 42.5 Å². The van der Waals surface area contributed by atoms with E-state index in [0.29, 0.717) is 19.0 Å². The van der Waals surface area contributed by atoms with Crippen molar-refractivity contribution in [2.75, 3.05) is 18.4 Å². The molecule has 2 aromatic carbocycles. The molecule has 2 aliphatic rings. The first-order valence-corrected chi connectivity index (χ1v) is 10.1. The van der Waals surface area contributed by atoms with Crippen molar-refractivity contribution in [1.29, 1.82) is 0 Å². The molecule has 6 nitrogen and oxygen atoms in total. The first-order chi connectivity index (χ1) is 14.0. The van der Waals surface area contributed by atoms with Crippen LogP contribution in [0.3, 0.4) is 0 Å². The number of nitrogens with zero attached hydrogens (tertiary/aromatic N) is 1. The van der Waals surface area contributed by atoms with E-state index >= 15 is 0 Å². The van der Waals surface area contributed by atoms with Crippen LogP contribution in [0.15, 0.2) is 60.7 Å². The Morgan fingerprint density at radius 1 is 1.10 bits per heavy atom. The van der Waals surface area contributed by atoms with Gasteiger partial charge in [0, 0.05) is 18.8 Å². The number of piperidine rings is 1. The van der Waals surface area contributed by atoms with Gasteiger partial charge in [0.2, 0.25) is 0 Å². The molecule has 0 radical (unpaired) electrons. The van der Waals surface area contributed by atoms with Gasteiger partial charge in [-0.3, -0.25) is 15.6 Å². The molecule has 2 heterocycles. The summed E-state index contributed by atoms with van der Waals surface area (Å²) in [6.45, 7) is 5.50. The predicted octanol–water partition coefficient (Wildman–Crippen LogP) is 4.68. The molecule has 1 amide bonds. The summed E-state index contributed by atoms with van der Waals surface area (Å²) in [5.41, 5.74) is 6.76. The van der Waals surface area contributed by atoms with Gasteiger partial charge in [-0.2, -0.15) is 0 Å². The minimum Gasteiger partial charge on any atom is -0.351 e. The Bertz CT molecular complexity index is 870. The lowest BCUT2D eigenvalue weighted by Gasteiger charge is -2.35. The van der Waals surface area contributed by atoms with Gasteiger partial charge in [0.1, 0.15) is 5.60 Å². The molecule has 6 heteroatoms. The number of anilines is 1. The quantitative estimate of drug-likeness (QED) is 0.789. The monoisotopic (exact) mass is 393 g/mol. The summed E-state index contributed by atoms with van der Waals surface area (Å²) in [4.78, 5) is 23.6. The van der Waals surface area contributed by atoms with Crippen molar-refractivity contribution < 1.29 is 14.5 Å². The first kappa shape index (κ1) is 19.5. The van der Waals surface area contributed by atoms with E-state index in [2.05, 4.69) is 42.9 Å². The highest BCUT2D eigenvalue weighted by Gasteiger charge is 2.39. The van der Waals surface area contributed by atoms with E-state index in [-0.39, 0.29) is 5.60 Å². The molecule has 0 saturated carbocycles. The summed E-state index contributed by atoms with van der Waals surface area (Å²) in [7, 11) is 0. The van der Waals surface area contributed by atoms with Crippen molar-refractivity contribution in [3.8, 4) is 0 Å². The Morgan fingerprint density at radius 3 is 2.45 bits per heavy atom. The van der Waals surface area contributed by atoms with Crippen LogP contribution in [0, 0.1) is 0 Å². The van der Waals surface area contributed by atoms with Crippen LogP contribution in [0.5, 0.6) is 0 Å². The summed E-state index contributed by atoms with van der Waals surface area (Å²) in [5.74, 6) is 0.459. The van der Waals surface area contributed by atoms with Gasteiger partial charge >= 0.3 is 6.09 Å². The van der Waals surface area contributed by atoms with Crippen LogP contribution >= 0.6 is 0 Å². The lowest BCUT2D eigenvalue weighted by molar-refractivity contribution is -0.153. The van der Waals surface area contributed by atoms with Crippen LogP contribution in [0.2, 0.25) is 0 Å². The largest absolute Gasteiger partial charge is 0.430 e. The summed E-state index contributed by atoms with van der Waals surface area (Å²) in [6, 6.07) is 18.0. The van der Waals surface area contributed by atoms with E-state index in [0.717, 1.165) is 29.8 Å². The van der Waals surface area contributed by atoms with E-state index in [9.17, 15) is 4.79 Å². The van der Waals surface area contributed by atoms with E-state index in [1.165, 1.54) is 5.56 Å². The van der Waals surface area contributed by atoms with Gasteiger partial charge in [-0.15, -0.1) is 5.06 Å². The van der Waals surface area contributed by atoms with Gasteiger partial charge in [-0.1, -0.05) is 56.3 Å². The standard InChI is InChI=1S/C23H27N3O3/c1-17(2)18-8-10-20(11-9-18)24-22(27)28-26-14-12-23(13-15-26)16-21(25-29-23)19-6-4-3-5-7-19/h3-11,16-17,25H,12-15H2,1-2H3,(H,24,27). The van der Waals surface area contributed by atoms with Crippen LogP contribution in [0.4, 0.5) is 10.5 Å². The number of hydrogen-bond donors (Lipinski definition) is 2. The van der Waals surface area contributed by atoms with Crippen LogP contribution < -0.4 is 10.8 Å². The zero-order chi connectivity index (χ0) is 20.3. The Labute approximate surface area is 171 Å². The highest BCUT2D eigenvalue weighted by atomic mass is 16.7. The number of carbonyl (C=O) groups excluding carboxylic acids is 1. The molecule has 152 valence electrons. The smallest absolute Gasteiger partial charge is 0.351 e. The van der Waals surface area contributed by atoms with Crippen molar-refractivity contribution in [1.82, 2.24) is 10.5 Å². The van der Waals surface area contributed by atoms with Gasteiger partial charge in [0.15, 0.2) is 0 Å². The van der Waals surface area contributed by atoms with Crippen molar-refractivity contribution in [2.24, 2.45) is 0 Å². The van der Waals surface area contributed by atoms with E-state index < -0.39 is 6.09 Å². The summed E-state index contributed by atoms with van der Waals surface area (Å²) in [6.07, 6.45) is 3.17. The fourth-order valence-electron chi connectivity index (χ4n) is 3.65. The van der Waals surface area contributed by atoms with Crippen LogP contribution in [0.25, 0.3) is 5.70 Å². The zero-order valence-corrected chi connectivity index (χ0v) is 16.9. The second kappa shape index (κ2) is 8.27. The van der Waals surface area contributed by atoms with Gasteiger partial charge in [-0.25, -0.2) is 4.79 Å². The number of carbonyl (C=O) groups is 1. The summed E-state index contributed by atoms with van der Waals surface area (Å²) >= 11 is 0. The maximum absolute atomic E-state index is 12.2. The molecule has 2 aromatic rings. The molecule has 1 fully saturated rings. The van der Waals surface area contributed by atoms with E-state index in [4.69, 9.17) is 9.68 Å². The predicted molar refractivity (Wildman–Crippen MR) is 113 cm³/mol. The Morgan fingerprint density at radius 2 is 1.79 bits per heavy atom. The fraction of sp³-hybridized carbons (Fsp3) is 0.348. The van der Waals surface area contributed by atoms with Crippen molar-refractivity contribution >= 4 is 17.5 Å².